The van der Waals surface area contributed by atoms with Crippen LogP contribution < -0.4 is 5.73 Å². The van der Waals surface area contributed by atoms with E-state index in [2.05, 4.69) is 11.9 Å². The van der Waals surface area contributed by atoms with Crippen LogP contribution in [0.25, 0.3) is 0 Å². The van der Waals surface area contributed by atoms with Crippen LogP contribution in [0.15, 0.2) is 29.6 Å². The van der Waals surface area contributed by atoms with Crippen molar-refractivity contribution in [3.8, 4) is 0 Å². The Morgan fingerprint density at radius 1 is 1.41 bits per heavy atom. The number of hydrogen-bond acceptors (Lipinski definition) is 4. The van der Waals surface area contributed by atoms with Crippen molar-refractivity contribution in [1.82, 2.24) is 9.88 Å². The Morgan fingerprint density at radius 3 is 2.82 bits per heavy atom. The molecule has 0 bridgehead atoms. The first kappa shape index (κ1) is 16.9. The number of thiazole rings is 1. The molecule has 2 aromatic rings. The van der Waals surface area contributed by atoms with E-state index in [1.54, 1.807) is 10.3 Å². The zero-order chi connectivity index (χ0) is 15.9. The molecule has 0 atom stereocenters. The van der Waals surface area contributed by atoms with Crippen LogP contribution in [0.2, 0.25) is 5.02 Å². The Balaban J connectivity index is 2.18. The van der Waals surface area contributed by atoms with Crippen molar-refractivity contribution < 1.29 is 4.79 Å². The molecule has 1 amide bonds. The summed E-state index contributed by atoms with van der Waals surface area (Å²) < 4.78 is 0. The van der Waals surface area contributed by atoms with Crippen LogP contribution in [0.4, 0.5) is 0 Å². The van der Waals surface area contributed by atoms with Crippen LogP contribution >= 0.6 is 22.9 Å². The Labute approximate surface area is 139 Å². The van der Waals surface area contributed by atoms with Crippen LogP contribution in [-0.4, -0.2) is 22.3 Å². The van der Waals surface area contributed by atoms with Gasteiger partial charge in [0.05, 0.1) is 0 Å². The standard InChI is InChI=1S/C16H20ClN3OS/c1-2-3-8-20(10-12-6-4-5-7-13(12)17)16(21)14-11-22-15(9-18)19-14/h4-7,11H,2-3,8-10,18H2,1H3. The molecule has 118 valence electrons. The number of benzene rings is 1. The summed E-state index contributed by atoms with van der Waals surface area (Å²) in [6, 6.07) is 7.60. The van der Waals surface area contributed by atoms with E-state index >= 15 is 0 Å². The number of unbranched alkanes of at least 4 members (excludes halogenated alkanes) is 1. The molecule has 6 heteroatoms. The van der Waals surface area contributed by atoms with Gasteiger partial charge < -0.3 is 10.6 Å². The highest BCUT2D eigenvalue weighted by Crippen LogP contribution is 2.19. The van der Waals surface area contributed by atoms with Gasteiger partial charge in [-0.2, -0.15) is 0 Å². The summed E-state index contributed by atoms with van der Waals surface area (Å²) >= 11 is 7.63. The van der Waals surface area contributed by atoms with Crippen molar-refractivity contribution in [2.75, 3.05) is 6.54 Å². The molecule has 22 heavy (non-hydrogen) atoms. The third-order valence-corrected chi connectivity index (χ3v) is 4.57. The molecule has 1 heterocycles. The first-order valence-electron chi connectivity index (χ1n) is 7.32. The predicted molar refractivity (Wildman–Crippen MR) is 91.1 cm³/mol. The molecule has 0 saturated carbocycles. The lowest BCUT2D eigenvalue weighted by molar-refractivity contribution is 0.0735. The van der Waals surface area contributed by atoms with E-state index < -0.39 is 0 Å². The fourth-order valence-corrected chi connectivity index (χ4v) is 2.94. The number of carbonyl (C=O) groups excluding carboxylic acids is 1. The normalized spacial score (nSPS) is 10.7. The highest BCUT2D eigenvalue weighted by molar-refractivity contribution is 7.09. The molecule has 4 nitrogen and oxygen atoms in total. The summed E-state index contributed by atoms with van der Waals surface area (Å²) in [4.78, 5) is 18.8. The molecular weight excluding hydrogens is 318 g/mol. The maximum absolute atomic E-state index is 12.7. The first-order valence-corrected chi connectivity index (χ1v) is 8.58. The zero-order valence-electron chi connectivity index (χ0n) is 12.6. The van der Waals surface area contributed by atoms with Gasteiger partial charge in [0.2, 0.25) is 0 Å². The number of halogens is 1. The number of aromatic nitrogens is 1. The maximum atomic E-state index is 12.7. The van der Waals surface area contributed by atoms with Crippen LogP contribution in [0.5, 0.6) is 0 Å². The monoisotopic (exact) mass is 337 g/mol. The second-order valence-corrected chi connectivity index (χ2v) is 6.35. The lowest BCUT2D eigenvalue weighted by Gasteiger charge is -2.22. The number of nitrogens with zero attached hydrogens (tertiary/aromatic N) is 2. The van der Waals surface area contributed by atoms with Crippen molar-refractivity contribution in [1.29, 1.82) is 0 Å². The van der Waals surface area contributed by atoms with Gasteiger partial charge in [0.1, 0.15) is 10.7 Å². The van der Waals surface area contributed by atoms with E-state index in [1.165, 1.54) is 11.3 Å². The first-order chi connectivity index (χ1) is 10.7. The molecule has 2 N–H and O–H groups in total. The van der Waals surface area contributed by atoms with E-state index in [0.717, 1.165) is 23.4 Å². The highest BCUT2D eigenvalue weighted by Gasteiger charge is 2.19. The van der Waals surface area contributed by atoms with E-state index in [9.17, 15) is 4.79 Å². The van der Waals surface area contributed by atoms with Crippen molar-refractivity contribution >= 4 is 28.8 Å². The predicted octanol–water partition coefficient (Wildman–Crippen LogP) is 3.70. The molecule has 0 spiro atoms. The summed E-state index contributed by atoms with van der Waals surface area (Å²) in [7, 11) is 0. The Morgan fingerprint density at radius 2 is 2.18 bits per heavy atom. The van der Waals surface area contributed by atoms with Gasteiger partial charge in [-0.05, 0) is 18.1 Å². The van der Waals surface area contributed by atoms with Crippen molar-refractivity contribution in [2.45, 2.75) is 32.9 Å². The Kier molecular flexibility index (Phi) is 6.36. The Bertz CT molecular complexity index is 629. The van der Waals surface area contributed by atoms with Crippen LogP contribution in [0.3, 0.4) is 0 Å². The average Bonchev–Trinajstić information content (AvgIpc) is 3.01. The van der Waals surface area contributed by atoms with Crippen molar-refractivity contribution in [3.05, 3.63) is 50.9 Å². The van der Waals surface area contributed by atoms with Gasteiger partial charge in [-0.25, -0.2) is 4.98 Å². The molecule has 1 aromatic heterocycles. The quantitative estimate of drug-likeness (QED) is 0.838. The largest absolute Gasteiger partial charge is 0.333 e. The lowest BCUT2D eigenvalue weighted by Crippen LogP contribution is -2.32. The fourth-order valence-electron chi connectivity index (χ4n) is 2.10. The minimum Gasteiger partial charge on any atom is -0.333 e. The smallest absolute Gasteiger partial charge is 0.273 e. The Hall–Kier alpha value is -1.43. The van der Waals surface area contributed by atoms with E-state index in [4.69, 9.17) is 17.3 Å². The molecule has 0 aliphatic carbocycles. The highest BCUT2D eigenvalue weighted by atomic mass is 35.5. The summed E-state index contributed by atoms with van der Waals surface area (Å²) in [5, 5.41) is 3.23. The van der Waals surface area contributed by atoms with E-state index in [1.807, 2.05) is 24.3 Å². The van der Waals surface area contributed by atoms with Gasteiger partial charge >= 0.3 is 0 Å². The molecular formula is C16H20ClN3OS. The van der Waals surface area contributed by atoms with E-state index in [0.29, 0.717) is 30.4 Å². The second kappa shape index (κ2) is 8.27. The van der Waals surface area contributed by atoms with Gasteiger partial charge in [0.25, 0.3) is 5.91 Å². The minimum atomic E-state index is -0.0654. The van der Waals surface area contributed by atoms with Crippen LogP contribution in [0, 0.1) is 0 Å². The number of nitrogens with two attached hydrogens (primary N) is 1. The lowest BCUT2D eigenvalue weighted by atomic mass is 10.2. The molecule has 0 radical (unpaired) electrons. The summed E-state index contributed by atoms with van der Waals surface area (Å²) in [5.41, 5.74) is 6.98. The van der Waals surface area contributed by atoms with Crippen LogP contribution in [-0.2, 0) is 13.1 Å². The third-order valence-electron chi connectivity index (χ3n) is 3.33. The number of amides is 1. The fraction of sp³-hybridized carbons (Fsp3) is 0.375. The van der Waals surface area contributed by atoms with Gasteiger partial charge in [0.15, 0.2) is 0 Å². The molecule has 0 fully saturated rings. The molecule has 2 rings (SSSR count). The van der Waals surface area contributed by atoms with Gasteiger partial charge in [-0.15, -0.1) is 11.3 Å². The van der Waals surface area contributed by atoms with Gasteiger partial charge in [0, 0.05) is 30.0 Å². The summed E-state index contributed by atoms with van der Waals surface area (Å²) in [6.07, 6.45) is 1.97. The average molecular weight is 338 g/mol. The summed E-state index contributed by atoms with van der Waals surface area (Å²) in [6.45, 7) is 3.65. The molecule has 0 unspecified atom stereocenters. The maximum Gasteiger partial charge on any atom is 0.273 e. The minimum absolute atomic E-state index is 0.0654. The SMILES string of the molecule is CCCCN(Cc1ccccc1Cl)C(=O)c1csc(CN)n1. The summed E-state index contributed by atoms with van der Waals surface area (Å²) in [5.74, 6) is -0.0654. The number of carbonyl (C=O) groups is 1. The topological polar surface area (TPSA) is 59.2 Å². The number of hydrogen-bond donors (Lipinski definition) is 1. The molecule has 0 saturated heterocycles. The second-order valence-electron chi connectivity index (χ2n) is 5.00. The molecule has 1 aromatic carbocycles. The van der Waals surface area contributed by atoms with Crippen molar-refractivity contribution in [3.63, 3.8) is 0 Å². The third kappa shape index (κ3) is 4.29. The van der Waals surface area contributed by atoms with E-state index in [-0.39, 0.29) is 5.91 Å². The molecule has 0 aliphatic heterocycles. The van der Waals surface area contributed by atoms with Crippen molar-refractivity contribution in [2.24, 2.45) is 5.73 Å². The zero-order valence-corrected chi connectivity index (χ0v) is 14.2. The van der Waals surface area contributed by atoms with Gasteiger partial charge in [-0.1, -0.05) is 43.1 Å². The van der Waals surface area contributed by atoms with Crippen LogP contribution in [0.1, 0.15) is 40.8 Å². The number of rotatable bonds is 7. The van der Waals surface area contributed by atoms with Gasteiger partial charge in [-0.3, -0.25) is 4.79 Å². The molecule has 0 aliphatic rings.